The first-order valence-corrected chi connectivity index (χ1v) is 8.67. The fraction of sp³-hybridized carbons (Fsp3) is 0.0556. The summed E-state index contributed by atoms with van der Waals surface area (Å²) >= 11 is 1.18. The molecular weight excluding hydrogens is 368 g/mol. The standard InChI is InChI=1S/C18H12N4O4S/c1-26-14-7-5-12(6-8-14)16-19-18-21(20-16)17(23)15(27-18)10-11-3-2-4-13(9-11)22(24)25/h2-10H,1H3/b15-10-. The summed E-state index contributed by atoms with van der Waals surface area (Å²) in [5, 5.41) is 15.2. The molecule has 2 aromatic heterocycles. The molecule has 2 heterocycles. The van der Waals surface area contributed by atoms with Gasteiger partial charge in [-0.15, -0.1) is 5.10 Å². The molecule has 0 saturated heterocycles. The molecule has 27 heavy (non-hydrogen) atoms. The topological polar surface area (TPSA) is 99.6 Å². The lowest BCUT2D eigenvalue weighted by Crippen LogP contribution is -2.23. The van der Waals surface area contributed by atoms with Crippen molar-refractivity contribution in [2.75, 3.05) is 7.11 Å². The number of fused-ring (bicyclic) bond motifs is 1. The Morgan fingerprint density at radius 3 is 2.67 bits per heavy atom. The second-order valence-corrected chi connectivity index (χ2v) is 6.64. The van der Waals surface area contributed by atoms with E-state index >= 15 is 0 Å². The second kappa shape index (κ2) is 6.61. The molecule has 0 bridgehead atoms. The zero-order valence-corrected chi connectivity index (χ0v) is 14.8. The SMILES string of the molecule is COc1ccc(-c2nc3s/c(=C\c4cccc([N+](=O)[O-])c4)c(=O)n3n2)cc1. The number of thiazole rings is 1. The van der Waals surface area contributed by atoms with Gasteiger partial charge in [-0.2, -0.15) is 9.50 Å². The molecule has 0 radical (unpaired) electrons. The summed E-state index contributed by atoms with van der Waals surface area (Å²) in [6.45, 7) is 0. The fourth-order valence-corrected chi connectivity index (χ4v) is 3.48. The minimum Gasteiger partial charge on any atom is -0.497 e. The maximum Gasteiger partial charge on any atom is 0.291 e. The summed E-state index contributed by atoms with van der Waals surface area (Å²) < 4.78 is 6.78. The molecule has 0 N–H and O–H groups in total. The van der Waals surface area contributed by atoms with Gasteiger partial charge < -0.3 is 4.74 Å². The molecule has 0 aliphatic heterocycles. The van der Waals surface area contributed by atoms with Crippen molar-refractivity contribution in [3.63, 3.8) is 0 Å². The zero-order chi connectivity index (χ0) is 19.0. The first kappa shape index (κ1) is 16.9. The summed E-state index contributed by atoms with van der Waals surface area (Å²) in [7, 11) is 1.59. The Balaban J connectivity index is 1.75. The van der Waals surface area contributed by atoms with E-state index < -0.39 is 4.92 Å². The predicted octanol–water partition coefficient (Wildman–Crippen LogP) is 2.28. The molecule has 2 aromatic carbocycles. The number of hydrogen-bond donors (Lipinski definition) is 0. The van der Waals surface area contributed by atoms with E-state index in [9.17, 15) is 14.9 Å². The van der Waals surface area contributed by atoms with Crippen LogP contribution in [0.15, 0.2) is 53.3 Å². The Bertz CT molecular complexity index is 1260. The molecule has 0 fully saturated rings. The number of methoxy groups -OCH3 is 1. The molecule has 0 unspecified atom stereocenters. The first-order chi connectivity index (χ1) is 13.0. The maximum absolute atomic E-state index is 12.6. The molecule has 0 amide bonds. The van der Waals surface area contributed by atoms with Gasteiger partial charge in [-0.05, 0) is 35.9 Å². The van der Waals surface area contributed by atoms with Crippen LogP contribution in [0.1, 0.15) is 5.56 Å². The van der Waals surface area contributed by atoms with E-state index in [-0.39, 0.29) is 11.2 Å². The summed E-state index contributed by atoms with van der Waals surface area (Å²) in [4.78, 5) is 27.9. The van der Waals surface area contributed by atoms with Gasteiger partial charge in [0.2, 0.25) is 4.96 Å². The Morgan fingerprint density at radius 1 is 1.22 bits per heavy atom. The van der Waals surface area contributed by atoms with Gasteiger partial charge in [0.25, 0.3) is 11.2 Å². The van der Waals surface area contributed by atoms with E-state index in [0.717, 1.165) is 11.3 Å². The van der Waals surface area contributed by atoms with Crippen LogP contribution < -0.4 is 14.8 Å². The second-order valence-electron chi connectivity index (χ2n) is 5.63. The van der Waals surface area contributed by atoms with E-state index in [1.54, 1.807) is 37.5 Å². The third-order valence-electron chi connectivity index (χ3n) is 3.91. The van der Waals surface area contributed by atoms with Gasteiger partial charge in [-0.1, -0.05) is 23.5 Å². The van der Waals surface area contributed by atoms with Gasteiger partial charge in [-0.25, -0.2) is 0 Å². The fourth-order valence-electron chi connectivity index (χ4n) is 2.58. The number of hydrogen-bond acceptors (Lipinski definition) is 7. The van der Waals surface area contributed by atoms with E-state index in [4.69, 9.17) is 4.74 Å². The van der Waals surface area contributed by atoms with Gasteiger partial charge >= 0.3 is 0 Å². The van der Waals surface area contributed by atoms with Crippen LogP contribution in [0.5, 0.6) is 5.75 Å². The highest BCUT2D eigenvalue weighted by molar-refractivity contribution is 7.15. The molecule has 8 nitrogen and oxygen atoms in total. The van der Waals surface area contributed by atoms with Crippen LogP contribution in [0.25, 0.3) is 22.4 Å². The molecular formula is C18H12N4O4S. The van der Waals surface area contributed by atoms with Gasteiger partial charge in [0.15, 0.2) is 5.82 Å². The Kier molecular flexibility index (Phi) is 4.13. The van der Waals surface area contributed by atoms with Gasteiger partial charge in [0, 0.05) is 17.7 Å². The Morgan fingerprint density at radius 2 is 2.00 bits per heavy atom. The third-order valence-corrected chi connectivity index (χ3v) is 4.87. The highest BCUT2D eigenvalue weighted by Gasteiger charge is 2.12. The van der Waals surface area contributed by atoms with Crippen molar-refractivity contribution in [3.05, 3.63) is 79.1 Å². The van der Waals surface area contributed by atoms with Gasteiger partial charge in [0.1, 0.15) is 5.75 Å². The quantitative estimate of drug-likeness (QED) is 0.398. The number of benzene rings is 2. The van der Waals surface area contributed by atoms with Crippen LogP contribution >= 0.6 is 11.3 Å². The molecule has 134 valence electrons. The zero-order valence-electron chi connectivity index (χ0n) is 14.0. The molecule has 4 rings (SSSR count). The monoisotopic (exact) mass is 380 g/mol. The summed E-state index contributed by atoms with van der Waals surface area (Å²) in [5.74, 6) is 1.17. The van der Waals surface area contributed by atoms with E-state index in [1.165, 1.54) is 28.0 Å². The minimum atomic E-state index is -0.473. The first-order valence-electron chi connectivity index (χ1n) is 7.85. The Hall–Kier alpha value is -3.59. The van der Waals surface area contributed by atoms with Crippen LogP contribution in [-0.4, -0.2) is 26.6 Å². The number of ether oxygens (including phenoxy) is 1. The van der Waals surface area contributed by atoms with Crippen LogP contribution in [0.2, 0.25) is 0 Å². The smallest absolute Gasteiger partial charge is 0.291 e. The summed E-state index contributed by atoms with van der Waals surface area (Å²) in [5.41, 5.74) is 1.00. The van der Waals surface area contributed by atoms with Crippen molar-refractivity contribution in [1.29, 1.82) is 0 Å². The van der Waals surface area contributed by atoms with Crippen molar-refractivity contribution >= 4 is 28.1 Å². The lowest BCUT2D eigenvalue weighted by Gasteiger charge is -1.99. The van der Waals surface area contributed by atoms with Crippen molar-refractivity contribution in [1.82, 2.24) is 14.6 Å². The van der Waals surface area contributed by atoms with Crippen molar-refractivity contribution in [2.24, 2.45) is 0 Å². The maximum atomic E-state index is 12.6. The normalized spacial score (nSPS) is 11.8. The summed E-state index contributed by atoms with van der Waals surface area (Å²) in [6.07, 6.45) is 1.60. The largest absolute Gasteiger partial charge is 0.497 e. The van der Waals surface area contributed by atoms with Crippen LogP contribution in [0.3, 0.4) is 0 Å². The molecule has 0 saturated carbocycles. The van der Waals surface area contributed by atoms with Crippen LogP contribution in [0, 0.1) is 10.1 Å². The number of non-ortho nitro benzene ring substituents is 1. The Labute approximate surface area is 156 Å². The number of nitro groups is 1. The van der Waals surface area contributed by atoms with Crippen LogP contribution in [0.4, 0.5) is 5.69 Å². The predicted molar refractivity (Wildman–Crippen MR) is 101 cm³/mol. The van der Waals surface area contributed by atoms with E-state index in [0.29, 0.717) is 20.9 Å². The van der Waals surface area contributed by atoms with E-state index in [1.807, 2.05) is 12.1 Å². The van der Waals surface area contributed by atoms with Crippen molar-refractivity contribution < 1.29 is 9.66 Å². The number of rotatable bonds is 4. The average molecular weight is 380 g/mol. The molecule has 9 heteroatoms. The van der Waals surface area contributed by atoms with Gasteiger partial charge in [-0.3, -0.25) is 14.9 Å². The molecule has 0 aliphatic carbocycles. The van der Waals surface area contributed by atoms with Crippen molar-refractivity contribution in [2.45, 2.75) is 0 Å². The highest BCUT2D eigenvalue weighted by Crippen LogP contribution is 2.20. The van der Waals surface area contributed by atoms with E-state index in [2.05, 4.69) is 10.1 Å². The lowest BCUT2D eigenvalue weighted by atomic mass is 10.2. The van der Waals surface area contributed by atoms with Crippen molar-refractivity contribution in [3.8, 4) is 17.1 Å². The highest BCUT2D eigenvalue weighted by atomic mass is 32.1. The van der Waals surface area contributed by atoms with Gasteiger partial charge in [0.05, 0.1) is 16.6 Å². The number of aromatic nitrogens is 3. The third kappa shape index (κ3) is 3.15. The summed E-state index contributed by atoms with van der Waals surface area (Å²) in [6, 6.07) is 13.3. The molecule has 0 spiro atoms. The van der Waals surface area contributed by atoms with Crippen LogP contribution in [-0.2, 0) is 0 Å². The molecule has 4 aromatic rings. The number of nitro benzene ring substituents is 1. The number of nitrogens with zero attached hydrogens (tertiary/aromatic N) is 4. The molecule has 0 atom stereocenters. The molecule has 0 aliphatic rings. The lowest BCUT2D eigenvalue weighted by molar-refractivity contribution is -0.384. The average Bonchev–Trinajstić information content (AvgIpc) is 3.22. The minimum absolute atomic E-state index is 0.0301.